The molecule has 0 bridgehead atoms. The Morgan fingerprint density at radius 1 is 1.31 bits per heavy atom. The SMILES string of the molecule is Cc1nc2cc(OS(C)(=O)=O)c(C)cc2o1. The molecule has 86 valence electrons. The van der Waals surface area contributed by atoms with E-state index in [4.69, 9.17) is 8.60 Å². The molecular formula is C10H11NO4S. The monoisotopic (exact) mass is 241 g/mol. The molecule has 1 heterocycles. The highest BCUT2D eigenvalue weighted by atomic mass is 32.2. The minimum Gasteiger partial charge on any atom is -0.441 e. The molecule has 1 aromatic heterocycles. The van der Waals surface area contributed by atoms with Crippen molar-refractivity contribution in [3.8, 4) is 5.75 Å². The highest BCUT2D eigenvalue weighted by Crippen LogP contribution is 2.26. The van der Waals surface area contributed by atoms with Crippen molar-refractivity contribution < 1.29 is 17.0 Å². The Bertz CT molecular complexity index is 642. The highest BCUT2D eigenvalue weighted by molar-refractivity contribution is 7.86. The fraction of sp³-hybridized carbons (Fsp3) is 0.300. The van der Waals surface area contributed by atoms with Crippen LogP contribution in [-0.4, -0.2) is 19.7 Å². The van der Waals surface area contributed by atoms with Gasteiger partial charge in [0, 0.05) is 13.0 Å². The van der Waals surface area contributed by atoms with E-state index in [-0.39, 0.29) is 5.75 Å². The normalized spacial score (nSPS) is 11.9. The number of benzene rings is 1. The summed E-state index contributed by atoms with van der Waals surface area (Å²) in [6.07, 6.45) is 1.00. The second-order valence-electron chi connectivity index (χ2n) is 3.61. The van der Waals surface area contributed by atoms with Gasteiger partial charge in [0.05, 0.1) is 6.26 Å². The van der Waals surface area contributed by atoms with Gasteiger partial charge in [-0.25, -0.2) is 4.98 Å². The third-order valence-corrected chi connectivity index (χ3v) is 2.52. The summed E-state index contributed by atoms with van der Waals surface area (Å²) in [5, 5.41) is 0. The Balaban J connectivity index is 2.58. The van der Waals surface area contributed by atoms with Crippen LogP contribution in [-0.2, 0) is 10.1 Å². The molecule has 6 heteroatoms. The van der Waals surface area contributed by atoms with Crippen LogP contribution < -0.4 is 4.18 Å². The molecule has 0 amide bonds. The van der Waals surface area contributed by atoms with E-state index in [1.807, 2.05) is 0 Å². The Kier molecular flexibility index (Phi) is 2.38. The van der Waals surface area contributed by atoms with Gasteiger partial charge in [-0.3, -0.25) is 0 Å². The first-order chi connectivity index (χ1) is 7.35. The van der Waals surface area contributed by atoms with Crippen molar-refractivity contribution in [1.29, 1.82) is 0 Å². The quantitative estimate of drug-likeness (QED) is 0.749. The Labute approximate surface area is 93.2 Å². The molecule has 0 N–H and O–H groups in total. The zero-order chi connectivity index (χ0) is 11.9. The molecule has 5 nitrogen and oxygen atoms in total. The second kappa shape index (κ2) is 3.48. The lowest BCUT2D eigenvalue weighted by Crippen LogP contribution is -2.06. The number of hydrogen-bond acceptors (Lipinski definition) is 5. The summed E-state index contributed by atoms with van der Waals surface area (Å²) in [5.74, 6) is 0.814. The average molecular weight is 241 g/mol. The topological polar surface area (TPSA) is 69.4 Å². The largest absolute Gasteiger partial charge is 0.441 e. The lowest BCUT2D eigenvalue weighted by Gasteiger charge is -2.05. The van der Waals surface area contributed by atoms with Crippen LogP contribution in [0.4, 0.5) is 0 Å². The molecule has 0 fully saturated rings. The first kappa shape index (κ1) is 10.9. The Hall–Kier alpha value is -1.56. The zero-order valence-electron chi connectivity index (χ0n) is 9.14. The molecular weight excluding hydrogens is 230 g/mol. The van der Waals surface area contributed by atoms with E-state index in [2.05, 4.69) is 4.98 Å². The molecule has 2 rings (SSSR count). The molecule has 0 saturated carbocycles. The molecule has 0 aliphatic rings. The van der Waals surface area contributed by atoms with Gasteiger partial charge < -0.3 is 8.60 Å². The van der Waals surface area contributed by atoms with Gasteiger partial charge in [0.15, 0.2) is 11.5 Å². The molecule has 0 spiro atoms. The number of aryl methyl sites for hydroxylation is 2. The fourth-order valence-electron chi connectivity index (χ4n) is 1.42. The third kappa shape index (κ3) is 2.16. The van der Waals surface area contributed by atoms with Crippen LogP contribution in [0.15, 0.2) is 16.5 Å². The minimum absolute atomic E-state index is 0.281. The van der Waals surface area contributed by atoms with Gasteiger partial charge in [-0.2, -0.15) is 8.42 Å². The number of fused-ring (bicyclic) bond motifs is 1. The van der Waals surface area contributed by atoms with Crippen LogP contribution >= 0.6 is 0 Å². The molecule has 0 aliphatic heterocycles. The molecule has 0 radical (unpaired) electrons. The van der Waals surface area contributed by atoms with Crippen LogP contribution in [0.5, 0.6) is 5.75 Å². The van der Waals surface area contributed by atoms with Gasteiger partial charge in [-0.05, 0) is 18.6 Å². The van der Waals surface area contributed by atoms with Crippen molar-refractivity contribution >= 4 is 21.2 Å². The van der Waals surface area contributed by atoms with Gasteiger partial charge in [0.25, 0.3) is 0 Å². The van der Waals surface area contributed by atoms with Gasteiger partial charge >= 0.3 is 10.1 Å². The summed E-state index contributed by atoms with van der Waals surface area (Å²) < 4.78 is 32.2. The van der Waals surface area contributed by atoms with Crippen LogP contribution in [0.3, 0.4) is 0 Å². The molecule has 1 aromatic carbocycles. The van der Waals surface area contributed by atoms with E-state index in [1.54, 1.807) is 26.0 Å². The summed E-state index contributed by atoms with van der Waals surface area (Å²) in [5.41, 5.74) is 1.90. The summed E-state index contributed by atoms with van der Waals surface area (Å²) >= 11 is 0. The predicted octanol–water partition coefficient (Wildman–Crippen LogP) is 1.78. The highest BCUT2D eigenvalue weighted by Gasteiger charge is 2.11. The maximum Gasteiger partial charge on any atom is 0.306 e. The first-order valence-electron chi connectivity index (χ1n) is 4.62. The number of aromatic nitrogens is 1. The fourth-order valence-corrected chi connectivity index (χ4v) is 1.93. The molecule has 0 aliphatic carbocycles. The molecule has 0 saturated heterocycles. The van der Waals surface area contributed by atoms with Crippen molar-refractivity contribution in [1.82, 2.24) is 4.98 Å². The average Bonchev–Trinajstić information content (AvgIpc) is 2.42. The van der Waals surface area contributed by atoms with Crippen molar-refractivity contribution in [3.63, 3.8) is 0 Å². The maximum absolute atomic E-state index is 11.0. The number of rotatable bonds is 2. The zero-order valence-corrected chi connectivity index (χ0v) is 9.96. The molecule has 0 atom stereocenters. The Morgan fingerprint density at radius 2 is 2.00 bits per heavy atom. The van der Waals surface area contributed by atoms with Crippen molar-refractivity contribution in [2.75, 3.05) is 6.26 Å². The first-order valence-corrected chi connectivity index (χ1v) is 6.44. The van der Waals surface area contributed by atoms with Gasteiger partial charge in [0.2, 0.25) is 0 Å². The lowest BCUT2D eigenvalue weighted by molar-refractivity contribution is 0.491. The van der Waals surface area contributed by atoms with Crippen LogP contribution in [0.2, 0.25) is 0 Å². The smallest absolute Gasteiger partial charge is 0.306 e. The minimum atomic E-state index is -3.52. The van der Waals surface area contributed by atoms with Gasteiger partial charge in [-0.15, -0.1) is 0 Å². The van der Waals surface area contributed by atoms with Crippen LogP contribution in [0.1, 0.15) is 11.5 Å². The second-order valence-corrected chi connectivity index (χ2v) is 5.18. The molecule has 16 heavy (non-hydrogen) atoms. The van der Waals surface area contributed by atoms with Gasteiger partial charge in [0.1, 0.15) is 11.3 Å². The summed E-state index contributed by atoms with van der Waals surface area (Å²) in [4.78, 5) is 4.10. The van der Waals surface area contributed by atoms with E-state index < -0.39 is 10.1 Å². The molecule has 2 aromatic rings. The van der Waals surface area contributed by atoms with E-state index in [0.717, 1.165) is 6.26 Å². The number of nitrogens with zero attached hydrogens (tertiary/aromatic N) is 1. The molecule has 0 unspecified atom stereocenters. The standard InChI is InChI=1S/C10H11NO4S/c1-6-4-10-8(11-7(2)14-10)5-9(6)15-16(3,12)13/h4-5H,1-3H3. The lowest BCUT2D eigenvalue weighted by atomic mass is 10.2. The summed E-state index contributed by atoms with van der Waals surface area (Å²) in [6.45, 7) is 3.48. The summed E-state index contributed by atoms with van der Waals surface area (Å²) in [6, 6.07) is 3.26. The number of hydrogen-bond donors (Lipinski definition) is 0. The van der Waals surface area contributed by atoms with E-state index in [1.165, 1.54) is 0 Å². The summed E-state index contributed by atoms with van der Waals surface area (Å²) in [7, 11) is -3.52. The maximum atomic E-state index is 11.0. The van der Waals surface area contributed by atoms with E-state index >= 15 is 0 Å². The van der Waals surface area contributed by atoms with E-state index in [0.29, 0.717) is 22.6 Å². The number of oxazole rings is 1. The predicted molar refractivity (Wildman–Crippen MR) is 59.0 cm³/mol. The van der Waals surface area contributed by atoms with Crippen LogP contribution in [0, 0.1) is 13.8 Å². The van der Waals surface area contributed by atoms with Gasteiger partial charge in [-0.1, -0.05) is 0 Å². The van der Waals surface area contributed by atoms with Crippen molar-refractivity contribution in [2.24, 2.45) is 0 Å². The van der Waals surface area contributed by atoms with Crippen LogP contribution in [0.25, 0.3) is 11.1 Å². The van der Waals surface area contributed by atoms with Crippen molar-refractivity contribution in [2.45, 2.75) is 13.8 Å². The van der Waals surface area contributed by atoms with E-state index in [9.17, 15) is 8.42 Å². The van der Waals surface area contributed by atoms with Crippen molar-refractivity contribution in [3.05, 3.63) is 23.6 Å². The third-order valence-electron chi connectivity index (χ3n) is 2.03. The Morgan fingerprint density at radius 3 is 2.62 bits per heavy atom.